The van der Waals surface area contributed by atoms with Crippen LogP contribution in [0.25, 0.3) is 0 Å². The number of hydrogen-bond acceptors (Lipinski definition) is 5. The average Bonchev–Trinajstić information content (AvgIpc) is 2.02. The molecule has 0 aliphatic heterocycles. The van der Waals surface area contributed by atoms with Gasteiger partial charge in [0.1, 0.15) is 0 Å². The van der Waals surface area contributed by atoms with Crippen LogP contribution < -0.4 is 0 Å². The van der Waals surface area contributed by atoms with E-state index in [1.807, 2.05) is 13.8 Å². The predicted octanol–water partition coefficient (Wildman–Crippen LogP) is 1.67. The van der Waals surface area contributed by atoms with Gasteiger partial charge >= 0.3 is 24.2 Å². The normalized spacial score (nSPS) is 12.2. The lowest BCUT2D eigenvalue weighted by molar-refractivity contribution is -0.0510. The maximum atomic E-state index is 10.7. The quantitative estimate of drug-likeness (QED) is 0.464. The van der Waals surface area contributed by atoms with Gasteiger partial charge in [0.25, 0.3) is 0 Å². The van der Waals surface area contributed by atoms with Gasteiger partial charge in [-0.05, 0) is 13.8 Å². The molecule has 0 spiro atoms. The fraction of sp³-hybridized carbons (Fsp3) is 1.00. The fourth-order valence-electron chi connectivity index (χ4n) is 0.258. The van der Waals surface area contributed by atoms with Crippen LogP contribution in [0.4, 0.5) is 13.2 Å². The molecular formula is C5H12F3O6PS. The summed E-state index contributed by atoms with van der Waals surface area (Å²) in [6, 6.07) is 0. The van der Waals surface area contributed by atoms with E-state index in [1.54, 1.807) is 0 Å². The number of halogens is 3. The summed E-state index contributed by atoms with van der Waals surface area (Å²) in [6.45, 7) is 4.62. The van der Waals surface area contributed by atoms with Crippen LogP contribution >= 0.6 is 8.60 Å². The molecule has 0 saturated carbocycles. The molecule has 0 aromatic rings. The molecule has 0 atom stereocenters. The van der Waals surface area contributed by atoms with E-state index in [0.29, 0.717) is 13.2 Å². The Morgan fingerprint density at radius 1 is 1.19 bits per heavy atom. The second-order valence-electron chi connectivity index (χ2n) is 1.99. The minimum Gasteiger partial charge on any atom is -0.328 e. The Balaban J connectivity index is 0. The van der Waals surface area contributed by atoms with E-state index in [-0.39, 0.29) is 0 Å². The second-order valence-corrected chi connectivity index (χ2v) is 4.40. The highest BCUT2D eigenvalue weighted by Crippen LogP contribution is 2.31. The molecule has 0 rings (SSSR count). The molecule has 0 unspecified atom stereocenters. The maximum Gasteiger partial charge on any atom is 0.522 e. The van der Waals surface area contributed by atoms with Crippen LogP contribution in [0.15, 0.2) is 0 Å². The van der Waals surface area contributed by atoms with E-state index < -0.39 is 24.2 Å². The minimum absolute atomic E-state index is 0.502. The van der Waals surface area contributed by atoms with E-state index in [9.17, 15) is 13.2 Å². The van der Waals surface area contributed by atoms with Gasteiger partial charge in [0, 0.05) is 0 Å². The highest BCUT2D eigenvalue weighted by Gasteiger charge is 2.44. The Morgan fingerprint density at radius 2 is 1.44 bits per heavy atom. The summed E-state index contributed by atoms with van der Waals surface area (Å²) < 4.78 is 66.9. The molecule has 100 valence electrons. The first-order chi connectivity index (χ1) is 7.06. The Bertz CT molecular complexity index is 260. The third-order valence-electron chi connectivity index (χ3n) is 0.772. The summed E-state index contributed by atoms with van der Waals surface area (Å²) in [5, 5.41) is 0. The molecule has 0 amide bonds. The zero-order chi connectivity index (χ0) is 13.4. The first-order valence-corrected chi connectivity index (χ1v) is 6.41. The molecule has 0 aromatic heterocycles. The third-order valence-corrected chi connectivity index (χ3v) is 2.31. The topological polar surface area (TPSA) is 93.1 Å². The van der Waals surface area contributed by atoms with Crippen molar-refractivity contribution < 1.29 is 40.1 Å². The van der Waals surface area contributed by atoms with Crippen LogP contribution in [-0.2, 0) is 19.2 Å². The second kappa shape index (κ2) is 8.15. The molecule has 11 heteroatoms. The van der Waals surface area contributed by atoms with Crippen molar-refractivity contribution in [2.75, 3.05) is 13.2 Å². The summed E-state index contributed by atoms with van der Waals surface area (Å²) in [7, 11) is -7.42. The minimum atomic E-state index is -5.84. The lowest BCUT2D eigenvalue weighted by atomic mass is 10.9. The standard InChI is InChI=1S/C4H11O3P.CHF3O3S/c1-3-6-8(5)7-4-2;2-1(3,4)8(5,6)7/h5H,3-4H2,1-2H3;(H,5,6,7). The van der Waals surface area contributed by atoms with Crippen molar-refractivity contribution >= 4 is 18.7 Å². The molecule has 0 heterocycles. The largest absolute Gasteiger partial charge is 0.522 e. The smallest absolute Gasteiger partial charge is 0.328 e. The molecule has 0 bridgehead atoms. The molecule has 16 heavy (non-hydrogen) atoms. The lowest BCUT2D eigenvalue weighted by Gasteiger charge is -2.05. The zero-order valence-electron chi connectivity index (χ0n) is 8.43. The van der Waals surface area contributed by atoms with Crippen LogP contribution in [-0.4, -0.2) is 36.6 Å². The van der Waals surface area contributed by atoms with Gasteiger partial charge in [-0.15, -0.1) is 0 Å². The van der Waals surface area contributed by atoms with Gasteiger partial charge in [0.05, 0.1) is 13.2 Å². The zero-order valence-corrected chi connectivity index (χ0v) is 10.1. The van der Waals surface area contributed by atoms with Crippen molar-refractivity contribution in [1.82, 2.24) is 0 Å². The highest BCUT2D eigenvalue weighted by molar-refractivity contribution is 7.86. The van der Waals surface area contributed by atoms with Gasteiger partial charge in [-0.25, -0.2) is 0 Å². The van der Waals surface area contributed by atoms with Crippen molar-refractivity contribution in [3.8, 4) is 0 Å². The molecule has 0 fully saturated rings. The molecule has 6 nitrogen and oxygen atoms in total. The van der Waals surface area contributed by atoms with E-state index in [1.165, 1.54) is 0 Å². The van der Waals surface area contributed by atoms with Gasteiger partial charge in [0.15, 0.2) is 0 Å². The summed E-state index contributed by atoms with van der Waals surface area (Å²) in [6.07, 6.45) is 0. The lowest BCUT2D eigenvalue weighted by Crippen LogP contribution is -2.21. The Morgan fingerprint density at radius 3 is 1.56 bits per heavy atom. The first-order valence-electron chi connectivity index (χ1n) is 3.84. The SMILES string of the molecule is CCOP(O)OCC.O=S(=O)(O)C(F)(F)F. The molecular weight excluding hydrogens is 276 g/mol. The van der Waals surface area contributed by atoms with Crippen molar-refractivity contribution in [1.29, 1.82) is 0 Å². The van der Waals surface area contributed by atoms with Crippen LogP contribution in [0.5, 0.6) is 0 Å². The maximum absolute atomic E-state index is 10.7. The van der Waals surface area contributed by atoms with E-state index in [4.69, 9.17) is 17.9 Å². The molecule has 0 radical (unpaired) electrons. The highest BCUT2D eigenvalue weighted by atomic mass is 32.2. The molecule has 0 aliphatic rings. The molecule has 0 aromatic carbocycles. The number of rotatable bonds is 4. The predicted molar refractivity (Wildman–Crippen MR) is 50.0 cm³/mol. The monoisotopic (exact) mass is 288 g/mol. The number of hydrogen-bond donors (Lipinski definition) is 2. The average molecular weight is 288 g/mol. The van der Waals surface area contributed by atoms with Crippen molar-refractivity contribution in [3.63, 3.8) is 0 Å². The summed E-state index contributed by atoms with van der Waals surface area (Å²) in [5.41, 5.74) is -5.53. The van der Waals surface area contributed by atoms with E-state index >= 15 is 0 Å². The first kappa shape index (κ1) is 18.4. The fourth-order valence-corrected chi connectivity index (χ4v) is 0.774. The number of alkyl halides is 3. The van der Waals surface area contributed by atoms with Gasteiger partial charge in [-0.2, -0.15) is 21.6 Å². The van der Waals surface area contributed by atoms with Gasteiger partial charge in [0.2, 0.25) is 0 Å². The summed E-state index contributed by atoms with van der Waals surface area (Å²) in [4.78, 5) is 8.67. The van der Waals surface area contributed by atoms with Crippen LogP contribution in [0.1, 0.15) is 13.8 Å². The van der Waals surface area contributed by atoms with Gasteiger partial charge in [-0.3, -0.25) is 4.55 Å². The summed E-state index contributed by atoms with van der Waals surface area (Å²) in [5.74, 6) is 0. The van der Waals surface area contributed by atoms with Crippen molar-refractivity contribution in [2.45, 2.75) is 19.4 Å². The Hall–Kier alpha value is 0.01000. The van der Waals surface area contributed by atoms with Crippen LogP contribution in [0.2, 0.25) is 0 Å². The van der Waals surface area contributed by atoms with Crippen LogP contribution in [0.3, 0.4) is 0 Å². The molecule has 0 saturated heterocycles. The van der Waals surface area contributed by atoms with Gasteiger partial charge in [-0.1, -0.05) is 0 Å². The molecule has 0 aliphatic carbocycles. The third kappa shape index (κ3) is 10.5. The Labute approximate surface area is 92.1 Å². The van der Waals surface area contributed by atoms with Crippen molar-refractivity contribution in [3.05, 3.63) is 0 Å². The Kier molecular flexibility index (Phi) is 9.36. The van der Waals surface area contributed by atoms with Gasteiger partial charge < -0.3 is 13.9 Å². The van der Waals surface area contributed by atoms with E-state index in [0.717, 1.165) is 0 Å². The van der Waals surface area contributed by atoms with Crippen molar-refractivity contribution in [2.24, 2.45) is 0 Å². The molecule has 2 N–H and O–H groups in total. The van der Waals surface area contributed by atoms with Crippen LogP contribution in [0, 0.1) is 0 Å². The van der Waals surface area contributed by atoms with E-state index in [2.05, 4.69) is 9.05 Å². The summed E-state index contributed by atoms with van der Waals surface area (Å²) >= 11 is 0.